The lowest BCUT2D eigenvalue weighted by Gasteiger charge is -2.40. The minimum absolute atomic E-state index is 0.209. The van der Waals surface area contributed by atoms with E-state index in [0.29, 0.717) is 0 Å². The van der Waals surface area contributed by atoms with Crippen LogP contribution < -0.4 is 0 Å². The zero-order valence-corrected chi connectivity index (χ0v) is 17.7. The van der Waals surface area contributed by atoms with Gasteiger partial charge in [0.2, 0.25) is 0 Å². The van der Waals surface area contributed by atoms with Gasteiger partial charge in [0.15, 0.2) is 0 Å². The maximum Gasteiger partial charge on any atom is 0.416 e. The lowest BCUT2D eigenvalue weighted by molar-refractivity contribution is -0.137. The maximum absolute atomic E-state index is 12.8. The second-order valence-electron chi connectivity index (χ2n) is 9.34. The van der Waals surface area contributed by atoms with Crippen LogP contribution in [0, 0.1) is 0 Å². The van der Waals surface area contributed by atoms with Gasteiger partial charge >= 0.3 is 6.18 Å². The molecule has 0 saturated carbocycles. The molecule has 0 radical (unpaired) electrons. The lowest BCUT2D eigenvalue weighted by atomic mass is 9.79. The molecule has 0 bridgehead atoms. The quantitative estimate of drug-likeness (QED) is 0.600. The van der Waals surface area contributed by atoms with Crippen molar-refractivity contribution < 1.29 is 18.3 Å². The van der Waals surface area contributed by atoms with Crippen molar-refractivity contribution in [2.24, 2.45) is 0 Å². The smallest absolute Gasteiger partial charge is 0.390 e. The molecule has 0 aromatic heterocycles. The SMILES string of the molecule is CC(C)=C[C@@H](CCC(C)(C)c1ccc(C(F)(F)F)cc1)N1CCC(C)(O)CC1. The molecule has 158 valence electrons. The minimum Gasteiger partial charge on any atom is -0.390 e. The van der Waals surface area contributed by atoms with Crippen LogP contribution in [0.15, 0.2) is 35.9 Å². The number of hydrogen-bond acceptors (Lipinski definition) is 2. The van der Waals surface area contributed by atoms with Crippen molar-refractivity contribution in [1.82, 2.24) is 4.90 Å². The second-order valence-corrected chi connectivity index (χ2v) is 9.34. The molecule has 28 heavy (non-hydrogen) atoms. The fourth-order valence-corrected chi connectivity index (χ4v) is 3.86. The molecular formula is C23H34F3NO. The molecule has 0 unspecified atom stereocenters. The molecule has 1 aliphatic heterocycles. The summed E-state index contributed by atoms with van der Waals surface area (Å²) in [6.45, 7) is 12.0. The number of hydrogen-bond donors (Lipinski definition) is 1. The van der Waals surface area contributed by atoms with Gasteiger partial charge in [0, 0.05) is 19.1 Å². The monoisotopic (exact) mass is 397 g/mol. The number of rotatable bonds is 6. The summed E-state index contributed by atoms with van der Waals surface area (Å²) in [5.41, 5.74) is 0.799. The second kappa shape index (κ2) is 8.58. The van der Waals surface area contributed by atoms with E-state index in [9.17, 15) is 18.3 Å². The molecule has 1 fully saturated rings. The van der Waals surface area contributed by atoms with Gasteiger partial charge in [-0.25, -0.2) is 0 Å². The topological polar surface area (TPSA) is 23.5 Å². The summed E-state index contributed by atoms with van der Waals surface area (Å²) in [5.74, 6) is 0. The van der Waals surface area contributed by atoms with Crippen molar-refractivity contribution >= 4 is 0 Å². The van der Waals surface area contributed by atoms with Gasteiger partial charge in [-0.3, -0.25) is 4.90 Å². The van der Waals surface area contributed by atoms with Crippen molar-refractivity contribution in [3.8, 4) is 0 Å². The molecule has 1 aliphatic rings. The highest BCUT2D eigenvalue weighted by molar-refractivity contribution is 5.29. The molecule has 2 rings (SSSR count). The molecule has 5 heteroatoms. The first-order valence-electron chi connectivity index (χ1n) is 10.1. The van der Waals surface area contributed by atoms with Gasteiger partial charge in [0.25, 0.3) is 0 Å². The van der Waals surface area contributed by atoms with Crippen molar-refractivity contribution in [3.63, 3.8) is 0 Å². The third-order valence-electron chi connectivity index (χ3n) is 5.93. The Labute approximate surface area is 167 Å². The zero-order valence-electron chi connectivity index (χ0n) is 17.7. The zero-order chi connectivity index (χ0) is 21.2. The van der Waals surface area contributed by atoms with Crippen molar-refractivity contribution in [2.45, 2.75) is 83.5 Å². The molecule has 1 saturated heterocycles. The van der Waals surface area contributed by atoms with Gasteiger partial charge in [-0.05, 0) is 69.6 Å². The highest BCUT2D eigenvalue weighted by atomic mass is 19.4. The molecule has 1 heterocycles. The van der Waals surface area contributed by atoms with Gasteiger partial charge in [0.1, 0.15) is 0 Å². The summed E-state index contributed by atoms with van der Waals surface area (Å²) >= 11 is 0. The molecule has 0 amide bonds. The first kappa shape index (κ1) is 23.0. The van der Waals surface area contributed by atoms with Gasteiger partial charge < -0.3 is 5.11 Å². The standard InChI is InChI=1S/C23H34F3NO/c1-17(2)16-20(27-14-12-22(5,28)13-15-27)10-11-21(3,4)18-6-8-19(9-7-18)23(24,25)26/h6-9,16,20,28H,10-15H2,1-5H3/t20-/m1/s1. The number of likely N-dealkylation sites (tertiary alicyclic amines) is 1. The summed E-state index contributed by atoms with van der Waals surface area (Å²) in [6.07, 6.45) is 1.32. The van der Waals surface area contributed by atoms with E-state index in [1.54, 1.807) is 12.1 Å². The summed E-state index contributed by atoms with van der Waals surface area (Å²) in [5, 5.41) is 10.2. The van der Waals surface area contributed by atoms with Crippen molar-refractivity contribution in [2.75, 3.05) is 13.1 Å². The molecule has 0 spiro atoms. The van der Waals surface area contributed by atoms with Gasteiger partial charge in [0.05, 0.1) is 11.2 Å². The Balaban J connectivity index is 2.07. The predicted molar refractivity (Wildman–Crippen MR) is 108 cm³/mol. The fraction of sp³-hybridized carbons (Fsp3) is 0.652. The van der Waals surface area contributed by atoms with E-state index in [2.05, 4.69) is 38.7 Å². The lowest BCUT2D eigenvalue weighted by Crippen LogP contribution is -2.46. The number of allylic oxidation sites excluding steroid dienone is 1. The van der Waals surface area contributed by atoms with Crippen LogP contribution in [0.2, 0.25) is 0 Å². The molecule has 1 aromatic rings. The van der Waals surface area contributed by atoms with E-state index in [1.165, 1.54) is 17.7 Å². The van der Waals surface area contributed by atoms with Crippen LogP contribution in [0.3, 0.4) is 0 Å². The van der Waals surface area contributed by atoms with Gasteiger partial charge in [-0.15, -0.1) is 0 Å². The van der Waals surface area contributed by atoms with E-state index in [1.807, 2.05) is 6.92 Å². The average molecular weight is 398 g/mol. The Morgan fingerprint density at radius 3 is 2.07 bits per heavy atom. The first-order chi connectivity index (χ1) is 12.8. The van der Waals surface area contributed by atoms with Crippen LogP contribution in [0.1, 0.15) is 71.4 Å². The molecular weight excluding hydrogens is 363 g/mol. The summed E-state index contributed by atoms with van der Waals surface area (Å²) in [7, 11) is 0. The third kappa shape index (κ3) is 6.35. The van der Waals surface area contributed by atoms with Crippen LogP contribution in [-0.2, 0) is 11.6 Å². The van der Waals surface area contributed by atoms with Crippen LogP contribution >= 0.6 is 0 Å². The largest absolute Gasteiger partial charge is 0.416 e. The van der Waals surface area contributed by atoms with Crippen molar-refractivity contribution in [1.29, 1.82) is 0 Å². The van der Waals surface area contributed by atoms with Gasteiger partial charge in [-0.2, -0.15) is 13.2 Å². The van der Waals surface area contributed by atoms with Crippen molar-refractivity contribution in [3.05, 3.63) is 47.0 Å². The number of alkyl halides is 3. The first-order valence-corrected chi connectivity index (χ1v) is 10.1. The van der Waals surface area contributed by atoms with Crippen LogP contribution in [0.25, 0.3) is 0 Å². The van der Waals surface area contributed by atoms with Crippen LogP contribution in [-0.4, -0.2) is 34.7 Å². The number of benzene rings is 1. The van der Waals surface area contributed by atoms with Crippen LogP contribution in [0.5, 0.6) is 0 Å². The van der Waals surface area contributed by atoms with E-state index in [4.69, 9.17) is 0 Å². The van der Waals surface area contributed by atoms with E-state index < -0.39 is 17.3 Å². The summed E-state index contributed by atoms with van der Waals surface area (Å²) < 4.78 is 38.5. The Morgan fingerprint density at radius 2 is 1.61 bits per heavy atom. The summed E-state index contributed by atoms with van der Waals surface area (Å²) in [4.78, 5) is 2.42. The summed E-state index contributed by atoms with van der Waals surface area (Å²) in [6, 6.07) is 5.86. The number of nitrogens with zero attached hydrogens (tertiary/aromatic N) is 1. The third-order valence-corrected chi connectivity index (χ3v) is 5.93. The fourth-order valence-electron chi connectivity index (χ4n) is 3.86. The van der Waals surface area contributed by atoms with Crippen LogP contribution in [0.4, 0.5) is 13.2 Å². The average Bonchev–Trinajstić information content (AvgIpc) is 2.58. The molecule has 1 N–H and O–H groups in total. The van der Waals surface area contributed by atoms with E-state index in [-0.39, 0.29) is 11.5 Å². The van der Waals surface area contributed by atoms with E-state index in [0.717, 1.165) is 44.3 Å². The molecule has 0 aliphatic carbocycles. The maximum atomic E-state index is 12.8. The Kier molecular flexibility index (Phi) is 7.03. The Hall–Kier alpha value is -1.33. The Morgan fingerprint density at radius 1 is 1.11 bits per heavy atom. The Bertz CT molecular complexity index is 660. The predicted octanol–water partition coefficient (Wildman–Crippen LogP) is 5.94. The van der Waals surface area contributed by atoms with Gasteiger partial charge in [-0.1, -0.05) is 37.6 Å². The normalized spacial score (nSPS) is 19.3. The molecule has 2 nitrogen and oxygen atoms in total. The molecule has 1 aromatic carbocycles. The highest BCUT2D eigenvalue weighted by Crippen LogP contribution is 2.34. The number of aliphatic hydroxyl groups is 1. The highest BCUT2D eigenvalue weighted by Gasteiger charge is 2.33. The number of piperidine rings is 1. The molecule has 1 atom stereocenters. The number of halogens is 3. The minimum atomic E-state index is -4.30. The van der Waals surface area contributed by atoms with E-state index >= 15 is 0 Å².